The maximum absolute atomic E-state index is 10.8. The maximum atomic E-state index is 10.8. The number of carboxylic acids is 1. The molecule has 1 heterocycles. The number of nitrogens with zero attached hydrogens (tertiary/aromatic N) is 2. The van der Waals surface area contributed by atoms with Crippen molar-refractivity contribution in [3.8, 4) is 11.1 Å². The van der Waals surface area contributed by atoms with Gasteiger partial charge in [0.1, 0.15) is 6.54 Å². The minimum atomic E-state index is -0.878. The van der Waals surface area contributed by atoms with Crippen molar-refractivity contribution < 1.29 is 9.90 Å². The van der Waals surface area contributed by atoms with Crippen LogP contribution in [0.5, 0.6) is 0 Å². The largest absolute Gasteiger partial charge is 0.480 e. The van der Waals surface area contributed by atoms with Gasteiger partial charge in [-0.1, -0.05) is 19.1 Å². The molecule has 106 valence electrons. The first-order valence-electron chi connectivity index (χ1n) is 6.52. The third-order valence-electron chi connectivity index (χ3n) is 3.12. The molecule has 0 saturated carbocycles. The molecule has 0 saturated heterocycles. The molecule has 0 fully saturated rings. The Morgan fingerprint density at radius 2 is 1.95 bits per heavy atom. The van der Waals surface area contributed by atoms with Crippen molar-refractivity contribution >= 4 is 17.7 Å². The van der Waals surface area contributed by atoms with Crippen LogP contribution < -0.4 is 0 Å². The summed E-state index contributed by atoms with van der Waals surface area (Å²) in [6, 6.07) is 8.33. The molecule has 0 aliphatic rings. The smallest absolute Gasteiger partial charge is 0.325 e. The normalized spacial score (nSPS) is 10.8. The standard InChI is InChI=1S/C15H18N2O2S/c1-4-20-13-7-5-12(6-8-13)15-10(2)16-17(11(15)3)9-14(18)19/h5-8H,4,9H2,1-3H3,(H,18,19). The average molecular weight is 290 g/mol. The van der Waals surface area contributed by atoms with Crippen molar-refractivity contribution in [2.45, 2.75) is 32.2 Å². The Hall–Kier alpha value is -1.75. The minimum Gasteiger partial charge on any atom is -0.480 e. The molecule has 2 aromatic rings. The van der Waals surface area contributed by atoms with Crippen LogP contribution in [0.25, 0.3) is 11.1 Å². The number of aromatic nitrogens is 2. The quantitative estimate of drug-likeness (QED) is 0.858. The highest BCUT2D eigenvalue weighted by atomic mass is 32.2. The van der Waals surface area contributed by atoms with Gasteiger partial charge in [-0.25, -0.2) is 0 Å². The van der Waals surface area contributed by atoms with Crippen molar-refractivity contribution in [2.24, 2.45) is 0 Å². The molecular weight excluding hydrogens is 272 g/mol. The fourth-order valence-corrected chi connectivity index (χ4v) is 2.94. The van der Waals surface area contributed by atoms with Gasteiger partial charge in [0.15, 0.2) is 0 Å². The fraction of sp³-hybridized carbons (Fsp3) is 0.333. The van der Waals surface area contributed by atoms with Crippen LogP contribution in [0, 0.1) is 13.8 Å². The molecule has 1 aromatic heterocycles. The van der Waals surface area contributed by atoms with Crippen molar-refractivity contribution in [3.05, 3.63) is 35.7 Å². The third kappa shape index (κ3) is 3.04. The second-order valence-corrected chi connectivity index (χ2v) is 5.89. The molecule has 4 nitrogen and oxygen atoms in total. The van der Waals surface area contributed by atoms with E-state index in [4.69, 9.17) is 5.11 Å². The summed E-state index contributed by atoms with van der Waals surface area (Å²) in [4.78, 5) is 12.1. The van der Waals surface area contributed by atoms with Gasteiger partial charge < -0.3 is 5.11 Å². The van der Waals surface area contributed by atoms with Gasteiger partial charge in [0, 0.05) is 16.2 Å². The predicted molar refractivity (Wildman–Crippen MR) is 81.2 cm³/mol. The first-order chi connectivity index (χ1) is 9.52. The average Bonchev–Trinajstić information content (AvgIpc) is 2.65. The van der Waals surface area contributed by atoms with E-state index < -0.39 is 5.97 Å². The third-order valence-corrected chi connectivity index (χ3v) is 4.01. The van der Waals surface area contributed by atoms with Crippen molar-refractivity contribution in [1.29, 1.82) is 0 Å². The van der Waals surface area contributed by atoms with Crippen LogP contribution in [0.1, 0.15) is 18.3 Å². The van der Waals surface area contributed by atoms with Gasteiger partial charge in [-0.05, 0) is 37.3 Å². The lowest BCUT2D eigenvalue weighted by Gasteiger charge is -2.05. The van der Waals surface area contributed by atoms with E-state index in [1.165, 1.54) is 4.90 Å². The van der Waals surface area contributed by atoms with E-state index >= 15 is 0 Å². The lowest BCUT2D eigenvalue weighted by Crippen LogP contribution is -2.11. The van der Waals surface area contributed by atoms with Crippen LogP contribution in [0.4, 0.5) is 0 Å². The molecule has 1 aromatic carbocycles. The van der Waals surface area contributed by atoms with Crippen LogP contribution in [-0.4, -0.2) is 26.6 Å². The van der Waals surface area contributed by atoms with Crippen LogP contribution >= 0.6 is 11.8 Å². The molecule has 0 radical (unpaired) electrons. The number of rotatable bonds is 5. The number of benzene rings is 1. The molecule has 2 rings (SSSR count). The highest BCUT2D eigenvalue weighted by molar-refractivity contribution is 7.99. The Kier molecular flexibility index (Phi) is 4.49. The maximum Gasteiger partial charge on any atom is 0.325 e. The predicted octanol–water partition coefficient (Wildman–Crippen LogP) is 3.36. The summed E-state index contributed by atoms with van der Waals surface area (Å²) >= 11 is 1.80. The molecule has 0 bridgehead atoms. The Morgan fingerprint density at radius 1 is 1.30 bits per heavy atom. The van der Waals surface area contributed by atoms with E-state index in [9.17, 15) is 4.79 Å². The summed E-state index contributed by atoms with van der Waals surface area (Å²) in [6.45, 7) is 5.85. The molecule has 0 amide bonds. The molecule has 0 atom stereocenters. The van der Waals surface area contributed by atoms with Crippen LogP contribution in [0.3, 0.4) is 0 Å². The number of aliphatic carboxylic acids is 1. The summed E-state index contributed by atoms with van der Waals surface area (Å²) in [7, 11) is 0. The van der Waals surface area contributed by atoms with E-state index in [0.29, 0.717) is 0 Å². The molecular formula is C15H18N2O2S. The lowest BCUT2D eigenvalue weighted by atomic mass is 10.0. The molecule has 0 aliphatic carbocycles. The summed E-state index contributed by atoms with van der Waals surface area (Å²) in [6.07, 6.45) is 0. The van der Waals surface area contributed by atoms with Crippen molar-refractivity contribution in [3.63, 3.8) is 0 Å². The van der Waals surface area contributed by atoms with Crippen LogP contribution in [0.15, 0.2) is 29.2 Å². The van der Waals surface area contributed by atoms with Crippen molar-refractivity contribution in [1.82, 2.24) is 9.78 Å². The number of carboxylic acid groups (broad SMARTS) is 1. The van der Waals surface area contributed by atoms with Crippen LogP contribution in [0.2, 0.25) is 0 Å². The fourth-order valence-electron chi connectivity index (χ4n) is 2.28. The second kappa shape index (κ2) is 6.13. The SMILES string of the molecule is CCSc1ccc(-c2c(C)nn(CC(=O)O)c2C)cc1. The molecule has 0 aliphatic heterocycles. The zero-order valence-electron chi connectivity index (χ0n) is 11.9. The first-order valence-corrected chi connectivity index (χ1v) is 7.50. The topological polar surface area (TPSA) is 55.1 Å². The van der Waals surface area contributed by atoms with E-state index in [0.717, 1.165) is 28.3 Å². The van der Waals surface area contributed by atoms with Gasteiger partial charge in [0.05, 0.1) is 5.69 Å². The van der Waals surface area contributed by atoms with Gasteiger partial charge in [-0.2, -0.15) is 5.10 Å². The zero-order chi connectivity index (χ0) is 14.7. The Morgan fingerprint density at radius 3 is 2.50 bits per heavy atom. The molecule has 0 spiro atoms. The monoisotopic (exact) mass is 290 g/mol. The van der Waals surface area contributed by atoms with Gasteiger partial charge in [0.25, 0.3) is 0 Å². The molecule has 0 unspecified atom stereocenters. The van der Waals surface area contributed by atoms with E-state index in [1.807, 2.05) is 13.8 Å². The van der Waals surface area contributed by atoms with Crippen LogP contribution in [-0.2, 0) is 11.3 Å². The van der Waals surface area contributed by atoms with Gasteiger partial charge in [0.2, 0.25) is 0 Å². The number of carbonyl (C=O) groups is 1. The van der Waals surface area contributed by atoms with E-state index in [1.54, 1.807) is 16.4 Å². The minimum absolute atomic E-state index is 0.101. The van der Waals surface area contributed by atoms with E-state index in [2.05, 4.69) is 36.3 Å². The summed E-state index contributed by atoms with van der Waals surface area (Å²) in [5.74, 6) is 0.172. The lowest BCUT2D eigenvalue weighted by molar-refractivity contribution is -0.137. The molecule has 1 N–H and O–H groups in total. The Labute approximate surface area is 122 Å². The van der Waals surface area contributed by atoms with Crippen molar-refractivity contribution in [2.75, 3.05) is 5.75 Å². The molecule has 5 heteroatoms. The Bertz CT molecular complexity index is 618. The second-order valence-electron chi connectivity index (χ2n) is 4.55. The first kappa shape index (κ1) is 14.7. The molecule has 20 heavy (non-hydrogen) atoms. The summed E-state index contributed by atoms with van der Waals surface area (Å²) < 4.78 is 1.54. The van der Waals surface area contributed by atoms with E-state index in [-0.39, 0.29) is 6.54 Å². The summed E-state index contributed by atoms with van der Waals surface area (Å²) in [5, 5.41) is 13.2. The van der Waals surface area contributed by atoms with Gasteiger partial charge >= 0.3 is 5.97 Å². The van der Waals surface area contributed by atoms with Gasteiger partial charge in [-0.15, -0.1) is 11.8 Å². The highest BCUT2D eigenvalue weighted by Gasteiger charge is 2.14. The number of hydrogen-bond donors (Lipinski definition) is 1. The number of aryl methyl sites for hydroxylation is 1. The Balaban J connectivity index is 2.37. The number of hydrogen-bond acceptors (Lipinski definition) is 3. The zero-order valence-corrected chi connectivity index (χ0v) is 12.7. The highest BCUT2D eigenvalue weighted by Crippen LogP contribution is 2.29. The van der Waals surface area contributed by atoms with Gasteiger partial charge in [-0.3, -0.25) is 9.48 Å². The number of thioether (sulfide) groups is 1. The summed E-state index contributed by atoms with van der Waals surface area (Å²) in [5.41, 5.74) is 3.86.